The molecular formula is C13H20ClNS. The highest BCUT2D eigenvalue weighted by Gasteiger charge is 2.16. The quantitative estimate of drug-likeness (QED) is 0.728. The zero-order chi connectivity index (χ0) is 12.1. The lowest BCUT2D eigenvalue weighted by Gasteiger charge is -2.17. The van der Waals surface area contributed by atoms with Crippen LogP contribution in [0.3, 0.4) is 0 Å². The van der Waals surface area contributed by atoms with Gasteiger partial charge in [0.05, 0.1) is 5.02 Å². The predicted octanol–water partition coefficient (Wildman–Crippen LogP) is 4.72. The van der Waals surface area contributed by atoms with Crippen LogP contribution >= 0.6 is 22.9 Å². The highest BCUT2D eigenvalue weighted by atomic mass is 35.5. The average Bonchev–Trinajstić information content (AvgIpc) is 2.55. The van der Waals surface area contributed by atoms with Gasteiger partial charge in [-0.05, 0) is 44.2 Å². The first kappa shape index (κ1) is 13.8. The van der Waals surface area contributed by atoms with Crippen molar-refractivity contribution in [3.05, 3.63) is 33.0 Å². The maximum absolute atomic E-state index is 6.30. The van der Waals surface area contributed by atoms with Crippen molar-refractivity contribution in [1.82, 2.24) is 5.32 Å². The summed E-state index contributed by atoms with van der Waals surface area (Å²) in [6.07, 6.45) is 2.12. The van der Waals surface area contributed by atoms with E-state index in [9.17, 15) is 0 Å². The lowest BCUT2D eigenvalue weighted by atomic mass is 10.1. The molecule has 1 unspecified atom stereocenters. The number of rotatable bonds is 6. The van der Waals surface area contributed by atoms with Crippen molar-refractivity contribution in [2.75, 3.05) is 6.54 Å². The second-order valence-electron chi connectivity index (χ2n) is 4.20. The van der Waals surface area contributed by atoms with Gasteiger partial charge in [0.15, 0.2) is 0 Å². The fourth-order valence-electron chi connectivity index (χ4n) is 1.65. The molecule has 0 aliphatic heterocycles. The molecular weight excluding hydrogens is 238 g/mol. The van der Waals surface area contributed by atoms with E-state index < -0.39 is 0 Å². The molecule has 0 saturated heterocycles. The molecule has 0 bridgehead atoms. The van der Waals surface area contributed by atoms with E-state index >= 15 is 0 Å². The maximum atomic E-state index is 6.30. The summed E-state index contributed by atoms with van der Waals surface area (Å²) in [4.78, 5) is 1.27. The minimum absolute atomic E-state index is 0.368. The smallest absolute Gasteiger partial charge is 0.0590 e. The molecule has 1 atom stereocenters. The zero-order valence-electron chi connectivity index (χ0n) is 10.3. The van der Waals surface area contributed by atoms with Crippen molar-refractivity contribution in [1.29, 1.82) is 0 Å². The van der Waals surface area contributed by atoms with Crippen LogP contribution in [0.2, 0.25) is 5.02 Å². The van der Waals surface area contributed by atoms with Gasteiger partial charge < -0.3 is 5.32 Å². The Morgan fingerprint density at radius 3 is 2.75 bits per heavy atom. The number of allylic oxidation sites excluding steroid dienone is 1. The van der Waals surface area contributed by atoms with Crippen molar-refractivity contribution in [3.8, 4) is 0 Å². The highest BCUT2D eigenvalue weighted by Crippen LogP contribution is 2.34. The highest BCUT2D eigenvalue weighted by molar-refractivity contribution is 7.10. The van der Waals surface area contributed by atoms with Gasteiger partial charge in [-0.25, -0.2) is 0 Å². The largest absolute Gasteiger partial charge is 0.309 e. The third-order valence-electron chi connectivity index (χ3n) is 2.55. The van der Waals surface area contributed by atoms with Crippen LogP contribution in [0, 0.1) is 6.92 Å². The summed E-state index contributed by atoms with van der Waals surface area (Å²) >= 11 is 8.05. The molecule has 1 rings (SSSR count). The molecule has 0 spiro atoms. The van der Waals surface area contributed by atoms with Crippen molar-refractivity contribution >= 4 is 22.9 Å². The molecule has 1 N–H and O–H groups in total. The van der Waals surface area contributed by atoms with Crippen LogP contribution in [-0.2, 0) is 0 Å². The normalized spacial score (nSPS) is 12.8. The Kier molecular flexibility index (Phi) is 5.53. The van der Waals surface area contributed by atoms with Crippen LogP contribution in [0.25, 0.3) is 0 Å². The van der Waals surface area contributed by atoms with E-state index in [-0.39, 0.29) is 0 Å². The number of thiophene rings is 1. The summed E-state index contributed by atoms with van der Waals surface area (Å²) < 4.78 is 0. The Hall–Kier alpha value is -0.310. The summed E-state index contributed by atoms with van der Waals surface area (Å²) in [5, 5.41) is 6.55. The van der Waals surface area contributed by atoms with E-state index in [1.807, 2.05) is 0 Å². The molecule has 0 saturated carbocycles. The van der Waals surface area contributed by atoms with Crippen molar-refractivity contribution in [2.45, 2.75) is 39.7 Å². The van der Waals surface area contributed by atoms with E-state index in [0.717, 1.165) is 24.4 Å². The van der Waals surface area contributed by atoms with Crippen LogP contribution in [0.4, 0.5) is 0 Å². The molecule has 90 valence electrons. The first-order valence-electron chi connectivity index (χ1n) is 5.67. The third kappa shape index (κ3) is 3.62. The van der Waals surface area contributed by atoms with Gasteiger partial charge >= 0.3 is 0 Å². The Morgan fingerprint density at radius 2 is 2.31 bits per heavy atom. The Labute approximate surface area is 108 Å². The molecule has 1 nitrogen and oxygen atoms in total. The SMILES string of the molecule is C=C(C)CCC(NCC)c1scc(C)c1Cl. The van der Waals surface area contributed by atoms with Crippen LogP contribution in [-0.4, -0.2) is 6.54 Å². The summed E-state index contributed by atoms with van der Waals surface area (Å²) in [6, 6.07) is 0.368. The van der Waals surface area contributed by atoms with Crippen LogP contribution in [0.5, 0.6) is 0 Å². The Morgan fingerprint density at radius 1 is 1.62 bits per heavy atom. The van der Waals surface area contributed by atoms with Crippen LogP contribution in [0.1, 0.15) is 43.2 Å². The van der Waals surface area contributed by atoms with Crippen LogP contribution < -0.4 is 5.32 Å². The van der Waals surface area contributed by atoms with Gasteiger partial charge in [0.2, 0.25) is 0 Å². The van der Waals surface area contributed by atoms with Gasteiger partial charge in [-0.1, -0.05) is 24.1 Å². The first-order valence-corrected chi connectivity index (χ1v) is 6.93. The summed E-state index contributed by atoms with van der Waals surface area (Å²) in [5.41, 5.74) is 2.41. The van der Waals surface area contributed by atoms with Crippen LogP contribution in [0.15, 0.2) is 17.5 Å². The minimum atomic E-state index is 0.368. The van der Waals surface area contributed by atoms with E-state index in [1.165, 1.54) is 16.0 Å². The summed E-state index contributed by atoms with van der Waals surface area (Å²) in [5.74, 6) is 0. The van der Waals surface area contributed by atoms with Gasteiger partial charge in [0, 0.05) is 10.9 Å². The molecule has 0 amide bonds. The van der Waals surface area contributed by atoms with Gasteiger partial charge in [-0.3, -0.25) is 0 Å². The molecule has 0 aliphatic rings. The number of nitrogens with one attached hydrogen (secondary N) is 1. The lowest BCUT2D eigenvalue weighted by molar-refractivity contribution is 0.522. The molecule has 0 radical (unpaired) electrons. The molecule has 1 aromatic rings. The fourth-order valence-corrected chi connectivity index (χ4v) is 3.08. The van der Waals surface area contributed by atoms with Crippen molar-refractivity contribution in [2.24, 2.45) is 0 Å². The van der Waals surface area contributed by atoms with Gasteiger partial charge in [-0.15, -0.1) is 17.9 Å². The minimum Gasteiger partial charge on any atom is -0.309 e. The maximum Gasteiger partial charge on any atom is 0.0590 e. The standard InChI is InChI=1S/C13H20ClNS/c1-5-15-11(7-6-9(2)3)13-12(14)10(4)8-16-13/h8,11,15H,2,5-7H2,1,3-4H3. The monoisotopic (exact) mass is 257 g/mol. The van der Waals surface area contributed by atoms with E-state index in [1.54, 1.807) is 11.3 Å². The van der Waals surface area contributed by atoms with E-state index in [0.29, 0.717) is 6.04 Å². The number of halogens is 1. The molecule has 1 aromatic heterocycles. The topological polar surface area (TPSA) is 12.0 Å². The Balaban J connectivity index is 2.76. The third-order valence-corrected chi connectivity index (χ3v) is 4.38. The molecule has 3 heteroatoms. The van der Waals surface area contributed by atoms with Crippen molar-refractivity contribution < 1.29 is 0 Å². The molecule has 0 fully saturated rings. The second-order valence-corrected chi connectivity index (χ2v) is 5.49. The molecule has 0 aliphatic carbocycles. The predicted molar refractivity (Wildman–Crippen MR) is 74.5 cm³/mol. The van der Waals surface area contributed by atoms with E-state index in [2.05, 4.69) is 38.0 Å². The number of aryl methyl sites for hydroxylation is 1. The molecule has 0 aromatic carbocycles. The molecule has 1 heterocycles. The van der Waals surface area contributed by atoms with Crippen molar-refractivity contribution in [3.63, 3.8) is 0 Å². The zero-order valence-corrected chi connectivity index (χ0v) is 11.8. The summed E-state index contributed by atoms with van der Waals surface area (Å²) in [7, 11) is 0. The van der Waals surface area contributed by atoms with Gasteiger partial charge in [-0.2, -0.15) is 0 Å². The fraction of sp³-hybridized carbons (Fsp3) is 0.538. The van der Waals surface area contributed by atoms with Gasteiger partial charge in [0.25, 0.3) is 0 Å². The first-order chi connectivity index (χ1) is 7.56. The van der Waals surface area contributed by atoms with Gasteiger partial charge in [0.1, 0.15) is 0 Å². The average molecular weight is 258 g/mol. The number of hydrogen-bond donors (Lipinski definition) is 1. The van der Waals surface area contributed by atoms with E-state index in [4.69, 9.17) is 11.6 Å². The number of hydrogen-bond acceptors (Lipinski definition) is 2. The summed E-state index contributed by atoms with van der Waals surface area (Å²) in [6.45, 7) is 11.2. The second kappa shape index (κ2) is 6.43. The Bertz CT molecular complexity index is 357. The molecule has 16 heavy (non-hydrogen) atoms. The lowest BCUT2D eigenvalue weighted by Crippen LogP contribution is -2.20.